The van der Waals surface area contributed by atoms with E-state index in [0.29, 0.717) is 6.04 Å². The summed E-state index contributed by atoms with van der Waals surface area (Å²) in [7, 11) is 4.01. The molecule has 1 fully saturated rings. The van der Waals surface area contributed by atoms with Crippen molar-refractivity contribution in [1.82, 2.24) is 4.98 Å². The van der Waals surface area contributed by atoms with Crippen LogP contribution in [0.15, 0.2) is 18.3 Å². The first-order valence-electron chi connectivity index (χ1n) is 5.66. The molecule has 4 heteroatoms. The van der Waals surface area contributed by atoms with E-state index in [2.05, 4.69) is 23.3 Å². The first-order valence-corrected chi connectivity index (χ1v) is 6.71. The maximum absolute atomic E-state index is 4.40. The van der Waals surface area contributed by atoms with Crippen molar-refractivity contribution in [2.45, 2.75) is 24.6 Å². The summed E-state index contributed by atoms with van der Waals surface area (Å²) >= 11 is 2.04. The van der Waals surface area contributed by atoms with Gasteiger partial charge in [-0.25, -0.2) is 4.98 Å². The van der Waals surface area contributed by atoms with Gasteiger partial charge in [0.15, 0.2) is 0 Å². The molecule has 1 N–H and O–H groups in total. The average Bonchev–Trinajstić information content (AvgIpc) is 2.65. The third-order valence-corrected chi connectivity index (χ3v) is 4.13. The molecule has 1 saturated heterocycles. The standard InChI is InChI=1S/C12H19N3S/c1-9-6-11(8-16-9)14-10-4-5-12(13-7-10)15(2)3/h4-5,7,9,11,14H,6,8H2,1-3H3. The summed E-state index contributed by atoms with van der Waals surface area (Å²) in [6, 6.07) is 4.76. The molecule has 2 rings (SSSR count). The zero-order valence-electron chi connectivity index (χ0n) is 10.1. The van der Waals surface area contributed by atoms with E-state index in [1.807, 2.05) is 43.0 Å². The second-order valence-electron chi connectivity index (χ2n) is 4.52. The second kappa shape index (κ2) is 4.95. The highest BCUT2D eigenvalue weighted by Gasteiger charge is 2.21. The molecule has 0 spiro atoms. The van der Waals surface area contributed by atoms with Gasteiger partial charge in [-0.05, 0) is 18.6 Å². The number of aromatic nitrogens is 1. The molecule has 0 saturated carbocycles. The van der Waals surface area contributed by atoms with Gasteiger partial charge in [-0.1, -0.05) is 6.92 Å². The predicted octanol–water partition coefficient (Wildman–Crippen LogP) is 2.45. The normalized spacial score (nSPS) is 24.4. The highest BCUT2D eigenvalue weighted by molar-refractivity contribution is 8.00. The SMILES string of the molecule is CC1CC(Nc2ccc(N(C)C)nc2)CS1. The molecule has 0 amide bonds. The Morgan fingerprint density at radius 1 is 1.44 bits per heavy atom. The van der Waals surface area contributed by atoms with Gasteiger partial charge in [-0.2, -0.15) is 11.8 Å². The molecule has 2 heterocycles. The monoisotopic (exact) mass is 237 g/mol. The number of thioether (sulfide) groups is 1. The summed E-state index contributed by atoms with van der Waals surface area (Å²) in [6.07, 6.45) is 3.17. The van der Waals surface area contributed by atoms with Crippen LogP contribution in [-0.4, -0.2) is 36.1 Å². The summed E-state index contributed by atoms with van der Waals surface area (Å²) in [5, 5.41) is 4.32. The van der Waals surface area contributed by atoms with Crippen molar-refractivity contribution in [3.05, 3.63) is 18.3 Å². The molecule has 0 aliphatic carbocycles. The topological polar surface area (TPSA) is 28.2 Å². The number of hydrogen-bond donors (Lipinski definition) is 1. The van der Waals surface area contributed by atoms with E-state index in [1.54, 1.807) is 0 Å². The van der Waals surface area contributed by atoms with Gasteiger partial charge in [0.25, 0.3) is 0 Å². The largest absolute Gasteiger partial charge is 0.380 e. The van der Waals surface area contributed by atoms with Crippen LogP contribution in [0, 0.1) is 0 Å². The van der Waals surface area contributed by atoms with Crippen LogP contribution >= 0.6 is 11.8 Å². The Labute approximate surface area is 102 Å². The number of hydrogen-bond acceptors (Lipinski definition) is 4. The van der Waals surface area contributed by atoms with Crippen LogP contribution in [-0.2, 0) is 0 Å². The molecule has 1 aromatic rings. The van der Waals surface area contributed by atoms with Crippen LogP contribution in [0.3, 0.4) is 0 Å². The summed E-state index contributed by atoms with van der Waals surface area (Å²) in [4.78, 5) is 6.41. The molecule has 0 bridgehead atoms. The Balaban J connectivity index is 1.95. The molecule has 2 unspecified atom stereocenters. The Morgan fingerprint density at radius 3 is 2.75 bits per heavy atom. The van der Waals surface area contributed by atoms with Crippen molar-refractivity contribution < 1.29 is 0 Å². The van der Waals surface area contributed by atoms with E-state index >= 15 is 0 Å². The number of rotatable bonds is 3. The third kappa shape index (κ3) is 2.82. The smallest absolute Gasteiger partial charge is 0.128 e. The van der Waals surface area contributed by atoms with Gasteiger partial charge in [0.1, 0.15) is 5.82 Å². The lowest BCUT2D eigenvalue weighted by molar-refractivity contribution is 0.746. The van der Waals surface area contributed by atoms with Gasteiger partial charge >= 0.3 is 0 Å². The van der Waals surface area contributed by atoms with Crippen molar-refractivity contribution in [2.24, 2.45) is 0 Å². The number of nitrogens with zero attached hydrogens (tertiary/aromatic N) is 2. The minimum absolute atomic E-state index is 0.604. The van der Waals surface area contributed by atoms with Crippen molar-refractivity contribution >= 4 is 23.3 Å². The molecule has 0 aromatic carbocycles. The van der Waals surface area contributed by atoms with E-state index in [-0.39, 0.29) is 0 Å². The quantitative estimate of drug-likeness (QED) is 0.874. The Hall–Kier alpha value is -0.900. The van der Waals surface area contributed by atoms with Gasteiger partial charge in [-0.3, -0.25) is 0 Å². The lowest BCUT2D eigenvalue weighted by atomic mass is 10.2. The van der Waals surface area contributed by atoms with Gasteiger partial charge in [-0.15, -0.1) is 0 Å². The fourth-order valence-corrected chi connectivity index (χ4v) is 3.04. The van der Waals surface area contributed by atoms with Gasteiger partial charge in [0, 0.05) is 31.1 Å². The van der Waals surface area contributed by atoms with E-state index in [1.165, 1.54) is 12.2 Å². The van der Waals surface area contributed by atoms with Crippen molar-refractivity contribution in [2.75, 3.05) is 30.1 Å². The molecule has 2 atom stereocenters. The minimum Gasteiger partial charge on any atom is -0.380 e. The molecule has 0 radical (unpaired) electrons. The van der Waals surface area contributed by atoms with Crippen LogP contribution in [0.25, 0.3) is 0 Å². The fraction of sp³-hybridized carbons (Fsp3) is 0.583. The van der Waals surface area contributed by atoms with Crippen LogP contribution in [0.5, 0.6) is 0 Å². The van der Waals surface area contributed by atoms with Crippen LogP contribution < -0.4 is 10.2 Å². The van der Waals surface area contributed by atoms with Crippen molar-refractivity contribution in [3.8, 4) is 0 Å². The maximum Gasteiger partial charge on any atom is 0.128 e. The molecule has 1 aliphatic rings. The third-order valence-electron chi connectivity index (χ3n) is 2.78. The fourth-order valence-electron chi connectivity index (χ4n) is 1.89. The van der Waals surface area contributed by atoms with Gasteiger partial charge in [0.05, 0.1) is 11.9 Å². The van der Waals surface area contributed by atoms with Crippen LogP contribution in [0.1, 0.15) is 13.3 Å². The highest BCUT2D eigenvalue weighted by atomic mass is 32.2. The van der Waals surface area contributed by atoms with E-state index in [9.17, 15) is 0 Å². The number of nitrogens with one attached hydrogen (secondary N) is 1. The zero-order chi connectivity index (χ0) is 11.5. The van der Waals surface area contributed by atoms with E-state index < -0.39 is 0 Å². The first-order chi connectivity index (χ1) is 7.65. The van der Waals surface area contributed by atoms with Gasteiger partial charge in [0.2, 0.25) is 0 Å². The lowest BCUT2D eigenvalue weighted by Crippen LogP contribution is -2.19. The first kappa shape index (κ1) is 11.6. The second-order valence-corrected chi connectivity index (χ2v) is 5.99. The zero-order valence-corrected chi connectivity index (χ0v) is 10.9. The summed E-state index contributed by atoms with van der Waals surface area (Å²) in [5.41, 5.74) is 1.13. The average molecular weight is 237 g/mol. The van der Waals surface area contributed by atoms with E-state index in [4.69, 9.17) is 0 Å². The summed E-state index contributed by atoms with van der Waals surface area (Å²) in [5.74, 6) is 2.20. The Kier molecular flexibility index (Phi) is 3.59. The molecule has 16 heavy (non-hydrogen) atoms. The van der Waals surface area contributed by atoms with Crippen LogP contribution in [0.4, 0.5) is 11.5 Å². The molecule has 88 valence electrons. The van der Waals surface area contributed by atoms with Crippen molar-refractivity contribution in [1.29, 1.82) is 0 Å². The highest BCUT2D eigenvalue weighted by Crippen LogP contribution is 2.28. The molecule has 1 aliphatic heterocycles. The Morgan fingerprint density at radius 2 is 2.25 bits per heavy atom. The molecular formula is C12H19N3S. The van der Waals surface area contributed by atoms with Gasteiger partial charge < -0.3 is 10.2 Å². The molecule has 1 aromatic heterocycles. The lowest BCUT2D eigenvalue weighted by Gasteiger charge is -2.15. The van der Waals surface area contributed by atoms with Crippen LogP contribution in [0.2, 0.25) is 0 Å². The number of anilines is 2. The van der Waals surface area contributed by atoms with Crippen molar-refractivity contribution in [3.63, 3.8) is 0 Å². The number of pyridine rings is 1. The van der Waals surface area contributed by atoms with E-state index in [0.717, 1.165) is 16.8 Å². The predicted molar refractivity (Wildman–Crippen MR) is 72.5 cm³/mol. The summed E-state index contributed by atoms with van der Waals surface area (Å²) in [6.45, 7) is 2.29. The molecule has 3 nitrogen and oxygen atoms in total. The summed E-state index contributed by atoms with van der Waals surface area (Å²) < 4.78 is 0. The minimum atomic E-state index is 0.604. The molecular weight excluding hydrogens is 218 g/mol. The Bertz CT molecular complexity index is 337. The maximum atomic E-state index is 4.40.